The number of rotatable bonds is 2. The van der Waals surface area contributed by atoms with Gasteiger partial charge in [0.1, 0.15) is 6.54 Å². The van der Waals surface area contributed by atoms with Crippen LogP contribution in [-0.2, 0) is 11.3 Å². The average Bonchev–Trinajstić information content (AvgIpc) is 2.28. The van der Waals surface area contributed by atoms with Gasteiger partial charge in [0.15, 0.2) is 5.82 Å². The minimum Gasteiger partial charge on any atom is -0.381 e. The molecule has 8 heteroatoms. The molecule has 0 aromatic carbocycles. The maximum atomic E-state index is 11.0. The first-order chi connectivity index (χ1) is 6.49. The fourth-order valence-corrected chi connectivity index (χ4v) is 1.13. The van der Waals surface area contributed by atoms with Gasteiger partial charge in [0.05, 0.1) is 4.47 Å². The molecule has 0 fully saturated rings. The predicted molar refractivity (Wildman–Crippen MR) is 52.1 cm³/mol. The van der Waals surface area contributed by atoms with Gasteiger partial charge in [0.25, 0.3) is 0 Å². The number of imide groups is 1. The van der Waals surface area contributed by atoms with Gasteiger partial charge >= 0.3 is 6.03 Å². The van der Waals surface area contributed by atoms with E-state index in [9.17, 15) is 9.59 Å². The van der Waals surface area contributed by atoms with E-state index in [-0.39, 0.29) is 12.4 Å². The van der Waals surface area contributed by atoms with Crippen LogP contribution in [0, 0.1) is 0 Å². The lowest BCUT2D eigenvalue weighted by molar-refractivity contribution is -0.120. The molecule has 5 N–H and O–H groups in total. The number of hydrogen-bond acceptors (Lipinski definition) is 4. The number of nitrogens with zero attached hydrogens (tertiary/aromatic N) is 2. The molecule has 1 rings (SSSR count). The monoisotopic (exact) mass is 261 g/mol. The Labute approximate surface area is 87.6 Å². The molecular weight excluding hydrogens is 254 g/mol. The van der Waals surface area contributed by atoms with Crippen molar-refractivity contribution in [2.75, 3.05) is 5.73 Å². The maximum absolute atomic E-state index is 11.0. The molecule has 0 atom stereocenters. The summed E-state index contributed by atoms with van der Waals surface area (Å²) in [6.07, 6.45) is 1.52. The van der Waals surface area contributed by atoms with Gasteiger partial charge in [0.2, 0.25) is 5.91 Å². The summed E-state index contributed by atoms with van der Waals surface area (Å²) in [5.74, 6) is -0.274. The van der Waals surface area contributed by atoms with Gasteiger partial charge in [0, 0.05) is 6.20 Å². The van der Waals surface area contributed by atoms with Gasteiger partial charge in [-0.1, -0.05) is 0 Å². The van der Waals surface area contributed by atoms with E-state index in [1.54, 1.807) is 0 Å². The zero-order valence-corrected chi connectivity index (χ0v) is 8.61. The Balaban J connectivity index is 2.60. The number of halogens is 1. The summed E-state index contributed by atoms with van der Waals surface area (Å²) in [5, 5.41) is 5.70. The van der Waals surface area contributed by atoms with Crippen LogP contribution in [-0.4, -0.2) is 21.7 Å². The van der Waals surface area contributed by atoms with E-state index in [1.165, 1.54) is 10.9 Å². The summed E-state index contributed by atoms with van der Waals surface area (Å²) in [6, 6.07) is -0.894. The Hall–Kier alpha value is -1.57. The van der Waals surface area contributed by atoms with Gasteiger partial charge in [-0.3, -0.25) is 14.8 Å². The third-order valence-corrected chi connectivity index (χ3v) is 1.92. The molecule has 0 aliphatic rings. The van der Waals surface area contributed by atoms with Crippen LogP contribution in [0.3, 0.4) is 0 Å². The second-order valence-corrected chi connectivity index (χ2v) is 3.33. The van der Waals surface area contributed by atoms with Crippen molar-refractivity contribution in [3.05, 3.63) is 10.7 Å². The van der Waals surface area contributed by atoms with Crippen molar-refractivity contribution in [3.63, 3.8) is 0 Å². The predicted octanol–water partition coefficient (Wildman–Crippen LogP) is -0.577. The molecule has 0 aliphatic carbocycles. The highest BCUT2D eigenvalue weighted by Gasteiger charge is 2.08. The highest BCUT2D eigenvalue weighted by Crippen LogP contribution is 2.15. The van der Waals surface area contributed by atoms with Crippen molar-refractivity contribution in [1.29, 1.82) is 0 Å². The number of carbonyl (C=O) groups is 2. The number of nitrogen functional groups attached to an aromatic ring is 1. The Morgan fingerprint density at radius 3 is 2.71 bits per heavy atom. The van der Waals surface area contributed by atoms with Gasteiger partial charge in [-0.25, -0.2) is 4.79 Å². The fourth-order valence-electron chi connectivity index (χ4n) is 0.817. The molecule has 0 radical (unpaired) electrons. The summed E-state index contributed by atoms with van der Waals surface area (Å²) < 4.78 is 1.88. The molecule has 0 unspecified atom stereocenters. The largest absolute Gasteiger partial charge is 0.381 e. The van der Waals surface area contributed by atoms with Gasteiger partial charge < -0.3 is 11.5 Å². The van der Waals surface area contributed by atoms with Gasteiger partial charge in [-0.2, -0.15) is 5.10 Å². The van der Waals surface area contributed by atoms with E-state index in [2.05, 4.69) is 21.0 Å². The van der Waals surface area contributed by atoms with E-state index in [0.717, 1.165) is 0 Å². The SMILES string of the molecule is NC(=O)NC(=O)Cn1cc(Br)c(N)n1. The number of nitrogens with two attached hydrogens (primary N) is 2. The van der Waals surface area contributed by atoms with Crippen LogP contribution in [0.1, 0.15) is 0 Å². The van der Waals surface area contributed by atoms with Crippen molar-refractivity contribution in [2.45, 2.75) is 6.54 Å². The molecule has 76 valence electrons. The zero-order chi connectivity index (χ0) is 10.7. The highest BCUT2D eigenvalue weighted by atomic mass is 79.9. The zero-order valence-electron chi connectivity index (χ0n) is 7.03. The lowest BCUT2D eigenvalue weighted by atomic mass is 10.6. The van der Waals surface area contributed by atoms with Crippen molar-refractivity contribution < 1.29 is 9.59 Å². The lowest BCUT2D eigenvalue weighted by Gasteiger charge is -1.99. The number of nitrogens with one attached hydrogen (secondary N) is 1. The molecule has 0 saturated carbocycles. The molecule has 0 saturated heterocycles. The second-order valence-electron chi connectivity index (χ2n) is 2.47. The molecule has 14 heavy (non-hydrogen) atoms. The molecular formula is C6H8BrN5O2. The van der Waals surface area contributed by atoms with E-state index < -0.39 is 11.9 Å². The van der Waals surface area contributed by atoms with Crippen LogP contribution in [0.2, 0.25) is 0 Å². The van der Waals surface area contributed by atoms with Crippen LogP contribution in [0.4, 0.5) is 10.6 Å². The fraction of sp³-hybridized carbons (Fsp3) is 0.167. The molecule has 0 aliphatic heterocycles. The average molecular weight is 262 g/mol. The van der Waals surface area contributed by atoms with Crippen molar-refractivity contribution >= 4 is 33.7 Å². The molecule has 0 bridgehead atoms. The van der Waals surface area contributed by atoms with Crippen molar-refractivity contribution in [2.24, 2.45) is 5.73 Å². The number of hydrogen-bond donors (Lipinski definition) is 3. The summed E-state index contributed by atoms with van der Waals surface area (Å²) >= 11 is 3.13. The van der Waals surface area contributed by atoms with Crippen LogP contribution in [0.5, 0.6) is 0 Å². The Kier molecular flexibility index (Phi) is 3.07. The number of carbonyl (C=O) groups excluding carboxylic acids is 2. The minimum absolute atomic E-state index is 0.112. The summed E-state index contributed by atoms with van der Waals surface area (Å²) in [6.45, 7) is -0.112. The van der Waals surface area contributed by atoms with Crippen molar-refractivity contribution in [1.82, 2.24) is 15.1 Å². The topological polar surface area (TPSA) is 116 Å². The van der Waals surface area contributed by atoms with E-state index in [4.69, 9.17) is 11.5 Å². The van der Waals surface area contributed by atoms with Gasteiger partial charge in [-0.15, -0.1) is 0 Å². The lowest BCUT2D eigenvalue weighted by Crippen LogP contribution is -2.37. The van der Waals surface area contributed by atoms with Crippen LogP contribution >= 0.6 is 15.9 Å². The summed E-state index contributed by atoms with van der Waals surface area (Å²) in [4.78, 5) is 21.3. The van der Waals surface area contributed by atoms with Crippen LogP contribution < -0.4 is 16.8 Å². The minimum atomic E-state index is -0.894. The van der Waals surface area contributed by atoms with E-state index >= 15 is 0 Å². The van der Waals surface area contributed by atoms with Crippen LogP contribution in [0.15, 0.2) is 10.7 Å². The summed E-state index contributed by atoms with van der Waals surface area (Å²) in [5.41, 5.74) is 10.2. The first kappa shape index (κ1) is 10.5. The molecule has 0 spiro atoms. The number of amides is 3. The van der Waals surface area contributed by atoms with E-state index in [1.807, 2.05) is 5.32 Å². The Morgan fingerprint density at radius 2 is 2.29 bits per heavy atom. The third kappa shape index (κ3) is 2.73. The summed E-state index contributed by atoms with van der Waals surface area (Å²) in [7, 11) is 0. The number of urea groups is 1. The highest BCUT2D eigenvalue weighted by molar-refractivity contribution is 9.10. The molecule has 1 heterocycles. The standard InChI is InChI=1S/C6H8BrN5O2/c7-3-1-12(11-5(3)8)2-4(13)10-6(9)14/h1H,2H2,(H2,8,11)(H3,9,10,13,14). The third-order valence-electron chi connectivity index (χ3n) is 1.31. The molecule has 3 amide bonds. The Morgan fingerprint density at radius 1 is 1.64 bits per heavy atom. The van der Waals surface area contributed by atoms with Crippen LogP contribution in [0.25, 0.3) is 0 Å². The van der Waals surface area contributed by atoms with Gasteiger partial charge in [-0.05, 0) is 15.9 Å². The molecule has 1 aromatic heterocycles. The maximum Gasteiger partial charge on any atom is 0.318 e. The first-order valence-corrected chi connectivity index (χ1v) is 4.36. The Bertz CT molecular complexity index is 355. The quantitative estimate of drug-likeness (QED) is 0.661. The number of aromatic nitrogens is 2. The number of anilines is 1. The molecule has 1 aromatic rings. The molecule has 7 nitrogen and oxygen atoms in total. The smallest absolute Gasteiger partial charge is 0.318 e. The second kappa shape index (κ2) is 4.09. The first-order valence-electron chi connectivity index (χ1n) is 3.56. The van der Waals surface area contributed by atoms with E-state index in [0.29, 0.717) is 4.47 Å². The normalized spacial score (nSPS) is 9.79. The van der Waals surface area contributed by atoms with Crippen molar-refractivity contribution in [3.8, 4) is 0 Å². The number of primary amides is 1.